The van der Waals surface area contributed by atoms with E-state index in [0.717, 1.165) is 0 Å². The molecule has 0 amide bonds. The fraction of sp³-hybridized carbons (Fsp3) is 1.00. The van der Waals surface area contributed by atoms with Crippen molar-refractivity contribution in [3.8, 4) is 0 Å². The molecule has 0 aliphatic rings. The minimum atomic E-state index is -0.387. The molecule has 0 aromatic heterocycles. The maximum absolute atomic E-state index is 9.23. The number of aliphatic hydroxyl groups excluding tert-OH is 2. The SMILES string of the molecule is CCC(O)C(C)(C)CO. The Kier molecular flexibility index (Phi) is 3.15. The molecule has 2 N–H and O–H groups in total. The standard InChI is InChI=1S/C7H16O2/c1-4-6(9)7(2,3)5-8/h6,8-9H,4-5H2,1-3H3. The molecule has 0 saturated heterocycles. The normalized spacial score (nSPS) is 15.7. The smallest absolute Gasteiger partial charge is 0.0610 e. The minimum Gasteiger partial charge on any atom is -0.396 e. The summed E-state index contributed by atoms with van der Waals surface area (Å²) in [5, 5.41) is 18.0. The zero-order valence-corrected chi connectivity index (χ0v) is 6.39. The summed E-state index contributed by atoms with van der Waals surface area (Å²) in [7, 11) is 0. The van der Waals surface area contributed by atoms with Crippen molar-refractivity contribution in [1.82, 2.24) is 0 Å². The largest absolute Gasteiger partial charge is 0.396 e. The van der Waals surface area contributed by atoms with Crippen LogP contribution in [-0.4, -0.2) is 22.9 Å². The molecule has 0 rings (SSSR count). The fourth-order valence-electron chi connectivity index (χ4n) is 0.658. The van der Waals surface area contributed by atoms with Gasteiger partial charge < -0.3 is 10.2 Å². The van der Waals surface area contributed by atoms with Crippen molar-refractivity contribution in [3.05, 3.63) is 0 Å². The maximum Gasteiger partial charge on any atom is 0.0610 e. The van der Waals surface area contributed by atoms with Gasteiger partial charge in [-0.05, 0) is 6.42 Å². The van der Waals surface area contributed by atoms with Gasteiger partial charge in [-0.1, -0.05) is 20.8 Å². The van der Waals surface area contributed by atoms with Crippen LogP contribution in [0.1, 0.15) is 27.2 Å². The van der Waals surface area contributed by atoms with E-state index in [0.29, 0.717) is 6.42 Å². The van der Waals surface area contributed by atoms with Gasteiger partial charge in [-0.2, -0.15) is 0 Å². The lowest BCUT2D eigenvalue weighted by atomic mass is 9.86. The fourth-order valence-corrected chi connectivity index (χ4v) is 0.658. The summed E-state index contributed by atoms with van der Waals surface area (Å²) in [6, 6.07) is 0. The molecule has 1 unspecified atom stereocenters. The molecule has 0 radical (unpaired) electrons. The van der Waals surface area contributed by atoms with Gasteiger partial charge in [0.15, 0.2) is 0 Å². The molecule has 56 valence electrons. The molecular formula is C7H16O2. The molecule has 0 fully saturated rings. The van der Waals surface area contributed by atoms with Crippen molar-refractivity contribution in [1.29, 1.82) is 0 Å². The van der Waals surface area contributed by atoms with Crippen molar-refractivity contribution < 1.29 is 10.2 Å². The van der Waals surface area contributed by atoms with Crippen LogP contribution in [0.25, 0.3) is 0 Å². The maximum atomic E-state index is 9.23. The van der Waals surface area contributed by atoms with Crippen LogP contribution >= 0.6 is 0 Å². The molecule has 2 nitrogen and oxygen atoms in total. The highest BCUT2D eigenvalue weighted by molar-refractivity contribution is 4.74. The second-order valence-electron chi connectivity index (χ2n) is 3.07. The Bertz CT molecular complexity index is 79.0. The third-order valence-corrected chi connectivity index (χ3v) is 1.70. The van der Waals surface area contributed by atoms with Gasteiger partial charge in [-0.25, -0.2) is 0 Å². The summed E-state index contributed by atoms with van der Waals surface area (Å²) in [6.45, 7) is 5.65. The Morgan fingerprint density at radius 3 is 2.00 bits per heavy atom. The predicted octanol–water partition coefficient (Wildman–Crippen LogP) is 0.776. The van der Waals surface area contributed by atoms with Crippen LogP contribution in [0.2, 0.25) is 0 Å². The van der Waals surface area contributed by atoms with Crippen molar-refractivity contribution in [3.63, 3.8) is 0 Å². The van der Waals surface area contributed by atoms with Crippen molar-refractivity contribution >= 4 is 0 Å². The highest BCUT2D eigenvalue weighted by Gasteiger charge is 2.24. The van der Waals surface area contributed by atoms with Crippen LogP contribution in [0, 0.1) is 5.41 Å². The summed E-state index contributed by atoms with van der Waals surface area (Å²) in [5.41, 5.74) is -0.339. The lowest BCUT2D eigenvalue weighted by Crippen LogP contribution is -2.31. The molecule has 0 heterocycles. The van der Waals surface area contributed by atoms with Gasteiger partial charge in [-0.3, -0.25) is 0 Å². The monoisotopic (exact) mass is 132 g/mol. The first-order valence-electron chi connectivity index (χ1n) is 3.33. The molecule has 0 aromatic carbocycles. The third kappa shape index (κ3) is 2.33. The van der Waals surface area contributed by atoms with Crippen molar-refractivity contribution in [2.24, 2.45) is 5.41 Å². The number of hydrogen-bond acceptors (Lipinski definition) is 2. The molecule has 0 aliphatic heterocycles. The van der Waals surface area contributed by atoms with E-state index in [4.69, 9.17) is 5.11 Å². The summed E-state index contributed by atoms with van der Waals surface area (Å²) >= 11 is 0. The zero-order chi connectivity index (χ0) is 7.49. The average molecular weight is 132 g/mol. The molecule has 0 spiro atoms. The molecule has 1 atom stereocenters. The lowest BCUT2D eigenvalue weighted by molar-refractivity contribution is 0.00591. The topological polar surface area (TPSA) is 40.5 Å². The van der Waals surface area contributed by atoms with Crippen LogP contribution in [0.5, 0.6) is 0 Å². The van der Waals surface area contributed by atoms with E-state index >= 15 is 0 Å². The summed E-state index contributed by atoms with van der Waals surface area (Å²) in [4.78, 5) is 0. The van der Waals surface area contributed by atoms with Gasteiger partial charge in [0.05, 0.1) is 12.7 Å². The van der Waals surface area contributed by atoms with Gasteiger partial charge in [0, 0.05) is 5.41 Å². The van der Waals surface area contributed by atoms with Crippen LogP contribution in [0.15, 0.2) is 0 Å². The van der Waals surface area contributed by atoms with Crippen LogP contribution in [0.4, 0.5) is 0 Å². The number of rotatable bonds is 3. The Morgan fingerprint density at radius 1 is 1.44 bits per heavy atom. The summed E-state index contributed by atoms with van der Waals surface area (Å²) in [6.07, 6.45) is 0.315. The highest BCUT2D eigenvalue weighted by atomic mass is 16.3. The van der Waals surface area contributed by atoms with Crippen LogP contribution in [-0.2, 0) is 0 Å². The van der Waals surface area contributed by atoms with E-state index < -0.39 is 0 Å². The quantitative estimate of drug-likeness (QED) is 0.595. The Morgan fingerprint density at radius 2 is 1.89 bits per heavy atom. The summed E-state index contributed by atoms with van der Waals surface area (Å²) in [5.74, 6) is 0. The van der Waals surface area contributed by atoms with Crippen molar-refractivity contribution in [2.75, 3.05) is 6.61 Å². The van der Waals surface area contributed by atoms with Gasteiger partial charge in [0.25, 0.3) is 0 Å². The van der Waals surface area contributed by atoms with E-state index in [1.807, 2.05) is 20.8 Å². The zero-order valence-electron chi connectivity index (χ0n) is 6.39. The first-order chi connectivity index (χ1) is 4.04. The number of hydrogen-bond donors (Lipinski definition) is 2. The van der Waals surface area contributed by atoms with Crippen LogP contribution < -0.4 is 0 Å². The van der Waals surface area contributed by atoms with Gasteiger partial charge >= 0.3 is 0 Å². The van der Waals surface area contributed by atoms with E-state index in [9.17, 15) is 5.11 Å². The van der Waals surface area contributed by atoms with Gasteiger partial charge in [-0.15, -0.1) is 0 Å². The lowest BCUT2D eigenvalue weighted by Gasteiger charge is -2.26. The summed E-state index contributed by atoms with van der Waals surface area (Å²) < 4.78 is 0. The molecule has 0 saturated carbocycles. The predicted molar refractivity (Wildman–Crippen MR) is 37.2 cm³/mol. The highest BCUT2D eigenvalue weighted by Crippen LogP contribution is 2.21. The third-order valence-electron chi connectivity index (χ3n) is 1.70. The van der Waals surface area contributed by atoms with E-state index in [1.165, 1.54) is 0 Å². The van der Waals surface area contributed by atoms with Gasteiger partial charge in [0.1, 0.15) is 0 Å². The molecule has 2 heteroatoms. The Hall–Kier alpha value is -0.0800. The molecule has 9 heavy (non-hydrogen) atoms. The van der Waals surface area contributed by atoms with E-state index in [1.54, 1.807) is 0 Å². The molecule has 0 aromatic rings. The molecule has 0 bridgehead atoms. The first-order valence-corrected chi connectivity index (χ1v) is 3.33. The van der Waals surface area contributed by atoms with E-state index in [2.05, 4.69) is 0 Å². The van der Waals surface area contributed by atoms with Crippen molar-refractivity contribution in [2.45, 2.75) is 33.3 Å². The minimum absolute atomic E-state index is 0.0437. The van der Waals surface area contributed by atoms with Crippen LogP contribution in [0.3, 0.4) is 0 Å². The Balaban J connectivity index is 3.80. The second-order valence-corrected chi connectivity index (χ2v) is 3.07. The molecule has 0 aliphatic carbocycles. The van der Waals surface area contributed by atoms with Gasteiger partial charge in [0.2, 0.25) is 0 Å². The average Bonchev–Trinajstić information content (AvgIpc) is 1.86. The molecular weight excluding hydrogens is 116 g/mol. The first kappa shape index (κ1) is 8.92. The number of aliphatic hydroxyl groups is 2. The second kappa shape index (κ2) is 3.18. The Labute approximate surface area is 56.5 Å². The van der Waals surface area contributed by atoms with E-state index in [-0.39, 0.29) is 18.1 Å².